The van der Waals surface area contributed by atoms with Crippen LogP contribution in [0.25, 0.3) is 11.6 Å². The molecule has 6 nitrogen and oxygen atoms in total. The maximum absolute atomic E-state index is 5.41. The van der Waals surface area contributed by atoms with Crippen LogP contribution in [0.5, 0.6) is 0 Å². The van der Waals surface area contributed by atoms with E-state index >= 15 is 0 Å². The van der Waals surface area contributed by atoms with E-state index in [1.807, 2.05) is 17.8 Å². The highest BCUT2D eigenvalue weighted by Crippen LogP contribution is 2.10. The summed E-state index contributed by atoms with van der Waals surface area (Å²) in [5, 5.41) is 6.89. The van der Waals surface area contributed by atoms with E-state index in [9.17, 15) is 0 Å². The highest BCUT2D eigenvalue weighted by atomic mass is 15.2. The van der Waals surface area contributed by atoms with Crippen LogP contribution < -0.4 is 5.73 Å². The zero-order valence-electron chi connectivity index (χ0n) is 7.94. The van der Waals surface area contributed by atoms with Crippen molar-refractivity contribution < 1.29 is 0 Å². The predicted molar refractivity (Wildman–Crippen MR) is 51.3 cm³/mol. The maximum Gasteiger partial charge on any atom is 0.217 e. The van der Waals surface area contributed by atoms with Crippen LogP contribution in [0.4, 0.5) is 0 Å². The second-order valence-corrected chi connectivity index (χ2v) is 3.01. The van der Waals surface area contributed by atoms with Crippen molar-refractivity contribution in [2.24, 2.45) is 12.8 Å². The van der Waals surface area contributed by atoms with Gasteiger partial charge in [0.15, 0.2) is 5.82 Å². The molecule has 6 heteroatoms. The fourth-order valence-electron chi connectivity index (χ4n) is 1.22. The van der Waals surface area contributed by atoms with Gasteiger partial charge in [-0.1, -0.05) is 0 Å². The number of nitrogens with zero attached hydrogens (tertiary/aromatic N) is 4. The van der Waals surface area contributed by atoms with Gasteiger partial charge in [-0.15, -0.1) is 0 Å². The lowest BCUT2D eigenvalue weighted by Gasteiger charge is -1.93. The Bertz CT molecular complexity index is 415. The van der Waals surface area contributed by atoms with Crippen LogP contribution in [-0.2, 0) is 13.5 Å². The van der Waals surface area contributed by atoms with Crippen molar-refractivity contribution >= 4 is 0 Å². The third kappa shape index (κ3) is 1.51. The average Bonchev–Trinajstić information content (AvgIpc) is 2.74. The number of aromatic nitrogens is 5. The average molecular weight is 192 g/mol. The summed E-state index contributed by atoms with van der Waals surface area (Å²) in [5.41, 5.74) is 5.41. The Balaban J connectivity index is 2.29. The minimum atomic E-state index is 0.565. The van der Waals surface area contributed by atoms with E-state index in [1.165, 1.54) is 0 Å². The summed E-state index contributed by atoms with van der Waals surface area (Å²) >= 11 is 0. The van der Waals surface area contributed by atoms with Crippen LogP contribution in [0, 0.1) is 0 Å². The second kappa shape index (κ2) is 3.59. The first-order valence-electron chi connectivity index (χ1n) is 4.40. The van der Waals surface area contributed by atoms with Gasteiger partial charge in [0.25, 0.3) is 0 Å². The van der Waals surface area contributed by atoms with Crippen molar-refractivity contribution in [2.75, 3.05) is 6.54 Å². The first-order valence-corrected chi connectivity index (χ1v) is 4.40. The summed E-state index contributed by atoms with van der Waals surface area (Å²) in [6.07, 6.45) is 4.28. The molecule has 2 aromatic heterocycles. The van der Waals surface area contributed by atoms with Gasteiger partial charge in [-0.3, -0.25) is 5.10 Å². The smallest absolute Gasteiger partial charge is 0.217 e. The summed E-state index contributed by atoms with van der Waals surface area (Å²) in [6, 6.07) is 0. The molecule has 14 heavy (non-hydrogen) atoms. The van der Waals surface area contributed by atoms with E-state index < -0.39 is 0 Å². The zero-order valence-corrected chi connectivity index (χ0v) is 7.94. The molecule has 0 unspecified atom stereocenters. The number of aromatic amines is 1. The van der Waals surface area contributed by atoms with Crippen LogP contribution in [-0.4, -0.2) is 31.3 Å². The van der Waals surface area contributed by atoms with Crippen molar-refractivity contribution in [1.29, 1.82) is 0 Å². The van der Waals surface area contributed by atoms with Crippen LogP contribution in [0.1, 0.15) is 5.82 Å². The lowest BCUT2D eigenvalue weighted by molar-refractivity contribution is 0.874. The lowest BCUT2D eigenvalue weighted by atomic mass is 10.4. The van der Waals surface area contributed by atoms with E-state index in [4.69, 9.17) is 5.73 Å². The molecule has 0 saturated heterocycles. The third-order valence-corrected chi connectivity index (χ3v) is 1.93. The van der Waals surface area contributed by atoms with E-state index in [0.29, 0.717) is 18.8 Å². The molecule has 0 aliphatic carbocycles. The molecule has 0 radical (unpaired) electrons. The van der Waals surface area contributed by atoms with Crippen molar-refractivity contribution in [3.05, 3.63) is 18.2 Å². The molecule has 0 fully saturated rings. The predicted octanol–water partition coefficient (Wildman–Crippen LogP) is -0.294. The molecule has 2 rings (SSSR count). The Morgan fingerprint density at radius 2 is 2.43 bits per heavy atom. The Morgan fingerprint density at radius 1 is 1.57 bits per heavy atom. The quantitative estimate of drug-likeness (QED) is 0.699. The molecule has 2 heterocycles. The second-order valence-electron chi connectivity index (χ2n) is 3.01. The van der Waals surface area contributed by atoms with Gasteiger partial charge >= 0.3 is 0 Å². The van der Waals surface area contributed by atoms with Crippen molar-refractivity contribution in [1.82, 2.24) is 24.7 Å². The molecule has 0 saturated carbocycles. The number of hydrogen-bond acceptors (Lipinski definition) is 4. The summed E-state index contributed by atoms with van der Waals surface area (Å²) in [7, 11) is 1.90. The third-order valence-electron chi connectivity index (χ3n) is 1.93. The molecule has 2 aromatic rings. The highest BCUT2D eigenvalue weighted by Gasteiger charge is 2.08. The first-order chi connectivity index (χ1) is 6.81. The minimum absolute atomic E-state index is 0.565. The van der Waals surface area contributed by atoms with E-state index in [1.54, 1.807) is 6.20 Å². The molecule has 74 valence electrons. The standard InChI is InChI=1S/C8H12N6/c1-14-5-4-10-8(14)7-11-6(2-3-9)12-13-7/h4-5H,2-3,9H2,1H3,(H,11,12,13). The Labute approximate surface area is 81.2 Å². The van der Waals surface area contributed by atoms with E-state index in [0.717, 1.165) is 11.6 Å². The van der Waals surface area contributed by atoms with Gasteiger partial charge in [0.2, 0.25) is 5.82 Å². The minimum Gasteiger partial charge on any atom is -0.331 e. The Morgan fingerprint density at radius 3 is 3.07 bits per heavy atom. The molecular weight excluding hydrogens is 180 g/mol. The topological polar surface area (TPSA) is 85.4 Å². The van der Waals surface area contributed by atoms with Gasteiger partial charge in [0.1, 0.15) is 5.82 Å². The maximum atomic E-state index is 5.41. The fraction of sp³-hybridized carbons (Fsp3) is 0.375. The highest BCUT2D eigenvalue weighted by molar-refractivity contribution is 5.42. The number of nitrogens with two attached hydrogens (primary N) is 1. The van der Waals surface area contributed by atoms with Crippen molar-refractivity contribution in [3.63, 3.8) is 0 Å². The summed E-state index contributed by atoms with van der Waals surface area (Å²) in [6.45, 7) is 0.565. The van der Waals surface area contributed by atoms with Gasteiger partial charge < -0.3 is 10.3 Å². The zero-order chi connectivity index (χ0) is 9.97. The van der Waals surface area contributed by atoms with Crippen LogP contribution in [0.3, 0.4) is 0 Å². The van der Waals surface area contributed by atoms with Crippen molar-refractivity contribution in [2.45, 2.75) is 6.42 Å². The summed E-state index contributed by atoms with van der Waals surface area (Å²) in [5.74, 6) is 2.16. The number of H-pyrrole nitrogens is 1. The molecule has 0 spiro atoms. The summed E-state index contributed by atoms with van der Waals surface area (Å²) < 4.78 is 1.87. The molecule has 0 bridgehead atoms. The van der Waals surface area contributed by atoms with Gasteiger partial charge in [-0.25, -0.2) is 9.97 Å². The number of hydrogen-bond donors (Lipinski definition) is 2. The van der Waals surface area contributed by atoms with E-state index in [2.05, 4.69) is 20.2 Å². The van der Waals surface area contributed by atoms with Crippen LogP contribution >= 0.6 is 0 Å². The molecule has 0 aliphatic rings. The first kappa shape index (κ1) is 8.89. The normalized spacial score (nSPS) is 10.7. The van der Waals surface area contributed by atoms with Gasteiger partial charge in [-0.2, -0.15) is 5.10 Å². The molecule has 0 atom stereocenters. The monoisotopic (exact) mass is 192 g/mol. The molecular formula is C8H12N6. The molecule has 0 amide bonds. The van der Waals surface area contributed by atoms with E-state index in [-0.39, 0.29) is 0 Å². The number of rotatable bonds is 3. The van der Waals surface area contributed by atoms with Crippen LogP contribution in [0.15, 0.2) is 12.4 Å². The van der Waals surface area contributed by atoms with Gasteiger partial charge in [-0.05, 0) is 6.54 Å². The van der Waals surface area contributed by atoms with Gasteiger partial charge in [0.05, 0.1) is 0 Å². The van der Waals surface area contributed by atoms with Crippen molar-refractivity contribution in [3.8, 4) is 11.6 Å². The molecule has 3 N–H and O–H groups in total. The summed E-state index contributed by atoms with van der Waals surface area (Å²) in [4.78, 5) is 8.42. The number of aryl methyl sites for hydroxylation is 1. The van der Waals surface area contributed by atoms with Crippen LogP contribution in [0.2, 0.25) is 0 Å². The molecule has 0 aromatic carbocycles. The largest absolute Gasteiger partial charge is 0.331 e. The Kier molecular flexibility index (Phi) is 2.28. The number of nitrogens with one attached hydrogen (secondary N) is 1. The fourth-order valence-corrected chi connectivity index (χ4v) is 1.22. The number of imidazole rings is 1. The molecule has 0 aliphatic heterocycles. The Hall–Kier alpha value is -1.69. The van der Waals surface area contributed by atoms with Gasteiger partial charge in [0, 0.05) is 25.9 Å². The SMILES string of the molecule is Cn1ccnc1-c1n[nH]c(CCN)n1. The lowest BCUT2D eigenvalue weighted by Crippen LogP contribution is -2.04.